The average molecular weight is 337 g/mol. The molecular weight excluding hydrogens is 324 g/mol. The second-order valence-electron chi connectivity index (χ2n) is 3.62. The third kappa shape index (κ3) is 4.40. The van der Waals surface area contributed by atoms with Crippen LogP contribution in [0.1, 0.15) is 6.92 Å². The zero-order valence-electron chi connectivity index (χ0n) is 9.67. The van der Waals surface area contributed by atoms with Crippen molar-refractivity contribution in [1.29, 1.82) is 0 Å². The zero-order valence-corrected chi connectivity index (χ0v) is 12.1. The number of aliphatic carboxylic acids is 1. The number of halogens is 1. The van der Waals surface area contributed by atoms with E-state index in [0.29, 0.717) is 0 Å². The summed E-state index contributed by atoms with van der Waals surface area (Å²) in [6.45, 7) is 1.21. The van der Waals surface area contributed by atoms with Crippen molar-refractivity contribution in [3.63, 3.8) is 0 Å². The predicted molar refractivity (Wildman–Crippen MR) is 69.2 cm³/mol. The number of hydrogen-bond donors (Lipinski definition) is 1. The van der Waals surface area contributed by atoms with Crippen LogP contribution in [0, 0.1) is 0 Å². The summed E-state index contributed by atoms with van der Waals surface area (Å²) in [7, 11) is -3.44. The van der Waals surface area contributed by atoms with E-state index in [0.717, 1.165) is 4.47 Å². The number of benzene rings is 1. The summed E-state index contributed by atoms with van der Waals surface area (Å²) in [5.41, 5.74) is 0. The fourth-order valence-corrected chi connectivity index (χ4v) is 2.53. The lowest BCUT2D eigenvalue weighted by atomic mass is 10.4. The van der Waals surface area contributed by atoms with Gasteiger partial charge < -0.3 is 9.84 Å². The van der Waals surface area contributed by atoms with E-state index in [-0.39, 0.29) is 17.3 Å². The molecule has 0 fully saturated rings. The second-order valence-corrected chi connectivity index (χ2v) is 6.65. The van der Waals surface area contributed by atoms with E-state index in [1.165, 1.54) is 19.1 Å². The number of carbonyl (C=O) groups is 1. The molecule has 100 valence electrons. The molecule has 18 heavy (non-hydrogen) atoms. The monoisotopic (exact) mass is 336 g/mol. The van der Waals surface area contributed by atoms with Gasteiger partial charge in [0, 0.05) is 4.47 Å². The molecule has 0 aliphatic rings. The van der Waals surface area contributed by atoms with Crippen LogP contribution in [0.3, 0.4) is 0 Å². The van der Waals surface area contributed by atoms with Crippen molar-refractivity contribution >= 4 is 31.7 Å². The molecule has 0 saturated carbocycles. The topological polar surface area (TPSA) is 80.7 Å². The Kier molecular flexibility index (Phi) is 5.30. The van der Waals surface area contributed by atoms with Gasteiger partial charge >= 0.3 is 5.97 Å². The summed E-state index contributed by atoms with van der Waals surface area (Å²) in [6, 6.07) is 6.24. The first-order valence-corrected chi connectivity index (χ1v) is 7.60. The summed E-state index contributed by atoms with van der Waals surface area (Å²) < 4.78 is 29.4. The Balaban J connectivity index is 2.60. The lowest BCUT2D eigenvalue weighted by Crippen LogP contribution is -2.23. The highest BCUT2D eigenvalue weighted by Crippen LogP contribution is 2.15. The largest absolute Gasteiger partial charge is 0.479 e. The van der Waals surface area contributed by atoms with Crippen molar-refractivity contribution in [2.24, 2.45) is 0 Å². The van der Waals surface area contributed by atoms with Crippen molar-refractivity contribution in [3.8, 4) is 0 Å². The van der Waals surface area contributed by atoms with Gasteiger partial charge in [-0.15, -0.1) is 0 Å². The third-order valence-electron chi connectivity index (χ3n) is 2.24. The van der Waals surface area contributed by atoms with Crippen LogP contribution in [-0.4, -0.2) is 38.0 Å². The molecule has 0 aromatic heterocycles. The Morgan fingerprint density at radius 1 is 1.39 bits per heavy atom. The van der Waals surface area contributed by atoms with Crippen molar-refractivity contribution in [3.05, 3.63) is 28.7 Å². The molecule has 0 bridgehead atoms. The smallest absolute Gasteiger partial charge is 0.332 e. The van der Waals surface area contributed by atoms with Gasteiger partial charge in [-0.05, 0) is 31.2 Å². The molecule has 1 aromatic rings. The summed E-state index contributed by atoms with van der Waals surface area (Å²) in [6.07, 6.45) is -1.01. The Labute approximate surface area is 114 Å². The lowest BCUT2D eigenvalue weighted by Gasteiger charge is -2.09. The molecule has 0 amide bonds. The molecule has 0 aliphatic heterocycles. The van der Waals surface area contributed by atoms with Crippen LogP contribution in [0.2, 0.25) is 0 Å². The number of ether oxygens (including phenoxy) is 1. The number of sulfone groups is 1. The summed E-state index contributed by atoms with van der Waals surface area (Å²) in [4.78, 5) is 10.7. The molecule has 5 nitrogen and oxygen atoms in total. The van der Waals surface area contributed by atoms with Gasteiger partial charge in [-0.2, -0.15) is 0 Å². The van der Waals surface area contributed by atoms with Crippen molar-refractivity contribution in [1.82, 2.24) is 0 Å². The van der Waals surface area contributed by atoms with Gasteiger partial charge in [0.1, 0.15) is 0 Å². The minimum atomic E-state index is -3.44. The van der Waals surface area contributed by atoms with Gasteiger partial charge in [0.25, 0.3) is 0 Å². The average Bonchev–Trinajstić information content (AvgIpc) is 2.29. The van der Waals surface area contributed by atoms with Gasteiger partial charge in [-0.1, -0.05) is 15.9 Å². The van der Waals surface area contributed by atoms with Crippen molar-refractivity contribution in [2.75, 3.05) is 12.4 Å². The summed E-state index contributed by atoms with van der Waals surface area (Å²) in [5, 5.41) is 8.58. The van der Waals surface area contributed by atoms with Crippen molar-refractivity contribution in [2.45, 2.75) is 17.9 Å². The number of carboxylic acids is 1. The summed E-state index contributed by atoms with van der Waals surface area (Å²) >= 11 is 3.22. The minimum absolute atomic E-state index is 0.147. The molecule has 1 rings (SSSR count). The zero-order chi connectivity index (χ0) is 13.8. The van der Waals surface area contributed by atoms with Crippen LogP contribution in [0.15, 0.2) is 33.6 Å². The molecule has 0 spiro atoms. The highest BCUT2D eigenvalue weighted by molar-refractivity contribution is 9.10. The van der Waals surface area contributed by atoms with E-state index in [4.69, 9.17) is 9.84 Å². The van der Waals surface area contributed by atoms with E-state index in [9.17, 15) is 13.2 Å². The van der Waals surface area contributed by atoms with E-state index >= 15 is 0 Å². The quantitative estimate of drug-likeness (QED) is 0.855. The molecular formula is C11H13BrO5S. The van der Waals surface area contributed by atoms with Crippen LogP contribution >= 0.6 is 15.9 Å². The molecule has 0 saturated heterocycles. The molecule has 7 heteroatoms. The summed E-state index contributed by atoms with van der Waals surface area (Å²) in [5.74, 6) is -1.36. The molecule has 0 heterocycles. The minimum Gasteiger partial charge on any atom is -0.479 e. The highest BCUT2D eigenvalue weighted by atomic mass is 79.9. The Bertz CT molecular complexity index is 509. The predicted octanol–water partition coefficient (Wildman–Crippen LogP) is 1.71. The van der Waals surface area contributed by atoms with Gasteiger partial charge in [-0.3, -0.25) is 0 Å². The normalized spacial score (nSPS) is 13.2. The number of rotatable bonds is 6. The van der Waals surface area contributed by atoms with Gasteiger partial charge in [0.05, 0.1) is 17.3 Å². The molecule has 0 radical (unpaired) electrons. The molecule has 1 unspecified atom stereocenters. The fraction of sp³-hybridized carbons (Fsp3) is 0.364. The Hall–Kier alpha value is -0.920. The van der Waals surface area contributed by atoms with Crippen LogP contribution in [-0.2, 0) is 19.4 Å². The first-order valence-electron chi connectivity index (χ1n) is 5.15. The molecule has 1 N–H and O–H groups in total. The maximum Gasteiger partial charge on any atom is 0.332 e. The maximum absolute atomic E-state index is 11.9. The standard InChI is InChI=1S/C11H13BrO5S/c1-8(11(13)14)17-6-7-18(15,16)10-4-2-9(12)3-5-10/h2-5,8H,6-7H2,1H3,(H,13,14). The second kappa shape index (κ2) is 6.31. The maximum atomic E-state index is 11.9. The number of carboxylic acid groups (broad SMARTS) is 1. The van der Waals surface area contributed by atoms with Gasteiger partial charge in [0.2, 0.25) is 0 Å². The van der Waals surface area contributed by atoms with E-state index in [2.05, 4.69) is 15.9 Å². The lowest BCUT2D eigenvalue weighted by molar-refractivity contribution is -0.148. The Morgan fingerprint density at radius 2 is 1.94 bits per heavy atom. The van der Waals surface area contributed by atoms with Crippen LogP contribution in [0.25, 0.3) is 0 Å². The molecule has 1 atom stereocenters. The van der Waals surface area contributed by atoms with Gasteiger partial charge in [0.15, 0.2) is 15.9 Å². The first kappa shape index (κ1) is 15.1. The first-order chi connectivity index (χ1) is 8.33. The van der Waals surface area contributed by atoms with Crippen LogP contribution < -0.4 is 0 Å². The molecule has 0 aliphatic carbocycles. The van der Waals surface area contributed by atoms with Gasteiger partial charge in [-0.25, -0.2) is 13.2 Å². The SMILES string of the molecule is CC(OCCS(=O)(=O)c1ccc(Br)cc1)C(=O)O. The number of hydrogen-bond acceptors (Lipinski definition) is 4. The van der Waals surface area contributed by atoms with Crippen LogP contribution in [0.5, 0.6) is 0 Å². The fourth-order valence-electron chi connectivity index (χ4n) is 1.17. The van der Waals surface area contributed by atoms with E-state index in [1.54, 1.807) is 12.1 Å². The Morgan fingerprint density at radius 3 is 2.44 bits per heavy atom. The highest BCUT2D eigenvalue weighted by Gasteiger charge is 2.16. The van der Waals surface area contributed by atoms with E-state index < -0.39 is 21.9 Å². The van der Waals surface area contributed by atoms with Crippen molar-refractivity contribution < 1.29 is 23.1 Å². The van der Waals surface area contributed by atoms with Crippen LogP contribution in [0.4, 0.5) is 0 Å². The third-order valence-corrected chi connectivity index (χ3v) is 4.46. The van der Waals surface area contributed by atoms with E-state index in [1.807, 2.05) is 0 Å². The molecule has 1 aromatic carbocycles.